The summed E-state index contributed by atoms with van der Waals surface area (Å²) in [7, 11) is 0. The summed E-state index contributed by atoms with van der Waals surface area (Å²) in [4.78, 5) is 2.72. The van der Waals surface area contributed by atoms with Crippen molar-refractivity contribution >= 4 is 0 Å². The fourth-order valence-corrected chi connectivity index (χ4v) is 3.06. The molecule has 1 aliphatic carbocycles. The minimum absolute atomic E-state index is 0.194. The first kappa shape index (κ1) is 15.5. The van der Waals surface area contributed by atoms with Gasteiger partial charge < -0.3 is 0 Å². The average molecular weight is 281 g/mol. The van der Waals surface area contributed by atoms with Gasteiger partial charge in [0.2, 0.25) is 0 Å². The van der Waals surface area contributed by atoms with E-state index in [0.29, 0.717) is 0 Å². The molecular weight excluding hydrogens is 258 g/mol. The normalized spacial score (nSPS) is 18.0. The van der Waals surface area contributed by atoms with E-state index in [1.807, 2.05) is 0 Å². The van der Waals surface area contributed by atoms with Crippen LogP contribution in [0.25, 0.3) is 10.4 Å². The molecule has 1 aromatic carbocycles. The van der Waals surface area contributed by atoms with Crippen molar-refractivity contribution in [3.8, 4) is 11.8 Å². The number of hydrogen-bond donors (Lipinski definition) is 0. The second-order valence-corrected chi connectivity index (χ2v) is 7.17. The Kier molecular flexibility index (Phi) is 4.03. The fraction of sp³-hybridized carbons (Fsp3) is 0.556. The zero-order chi connectivity index (χ0) is 15.7. The van der Waals surface area contributed by atoms with Gasteiger partial charge in [-0.05, 0) is 58.9 Å². The molecule has 0 atom stereocenters. The van der Waals surface area contributed by atoms with Gasteiger partial charge in [0.15, 0.2) is 0 Å². The summed E-state index contributed by atoms with van der Waals surface area (Å²) < 4.78 is 0. The maximum absolute atomic E-state index is 8.29. The van der Waals surface area contributed by atoms with E-state index in [4.69, 9.17) is 5.53 Å². The van der Waals surface area contributed by atoms with Gasteiger partial charge in [-0.25, -0.2) is 0 Å². The molecule has 0 fully saturated rings. The third kappa shape index (κ3) is 3.06. The third-order valence-electron chi connectivity index (χ3n) is 4.63. The zero-order valence-corrected chi connectivity index (χ0v) is 13.6. The van der Waals surface area contributed by atoms with Gasteiger partial charge in [-0.3, -0.25) is 0 Å². The Morgan fingerprint density at radius 1 is 1.14 bits per heavy atom. The molecule has 110 valence electrons. The lowest BCUT2D eigenvalue weighted by atomic mass is 9.62. The van der Waals surface area contributed by atoms with Gasteiger partial charge in [-0.2, -0.15) is 0 Å². The van der Waals surface area contributed by atoms with Crippen LogP contribution in [0.4, 0.5) is 0 Å². The van der Waals surface area contributed by atoms with Crippen molar-refractivity contribution in [2.45, 2.75) is 58.3 Å². The van der Waals surface area contributed by atoms with E-state index in [1.165, 1.54) is 29.5 Å². The molecule has 0 radical (unpaired) electrons. The van der Waals surface area contributed by atoms with E-state index in [9.17, 15) is 0 Å². The van der Waals surface area contributed by atoms with E-state index in [1.54, 1.807) is 0 Å². The molecule has 0 bridgehead atoms. The Labute approximate surface area is 127 Å². The smallest absolute Gasteiger partial charge is 0.0880 e. The van der Waals surface area contributed by atoms with Crippen LogP contribution in [-0.2, 0) is 10.8 Å². The molecule has 21 heavy (non-hydrogen) atoms. The van der Waals surface area contributed by atoms with Crippen LogP contribution in [0, 0.1) is 18.8 Å². The summed E-state index contributed by atoms with van der Waals surface area (Å²) in [5.74, 6) is 6.08. The summed E-state index contributed by atoms with van der Waals surface area (Å²) in [6, 6.07) is 4.54. The molecule has 0 unspecified atom stereocenters. The summed E-state index contributed by atoms with van der Waals surface area (Å²) in [5, 5.41) is 3.46. The van der Waals surface area contributed by atoms with Crippen molar-refractivity contribution in [1.82, 2.24) is 0 Å². The van der Waals surface area contributed by atoms with Gasteiger partial charge in [0.1, 0.15) is 0 Å². The molecule has 2 rings (SSSR count). The Hall–Kier alpha value is -1.91. The van der Waals surface area contributed by atoms with Crippen molar-refractivity contribution in [3.05, 3.63) is 44.8 Å². The number of azide groups is 1. The van der Waals surface area contributed by atoms with E-state index >= 15 is 0 Å². The molecule has 0 spiro atoms. The molecule has 1 aliphatic rings. The predicted molar refractivity (Wildman–Crippen MR) is 87.4 cm³/mol. The number of hydrogen-bond acceptors (Lipinski definition) is 1. The van der Waals surface area contributed by atoms with Crippen LogP contribution in [0.1, 0.15) is 62.8 Å². The highest BCUT2D eigenvalue weighted by Crippen LogP contribution is 2.46. The first-order valence-corrected chi connectivity index (χ1v) is 7.43. The first-order valence-electron chi connectivity index (χ1n) is 7.43. The average Bonchev–Trinajstić information content (AvgIpc) is 2.41. The molecule has 0 heterocycles. The maximum Gasteiger partial charge on any atom is 0.0880 e. The Bertz CT molecular complexity index is 666. The molecule has 0 aromatic heterocycles. The molecule has 1 aromatic rings. The number of nitrogens with zero attached hydrogens (tertiary/aromatic N) is 3. The van der Waals surface area contributed by atoms with Gasteiger partial charge >= 0.3 is 0 Å². The molecule has 0 saturated heterocycles. The summed E-state index contributed by atoms with van der Waals surface area (Å²) in [6.45, 7) is 11.6. The van der Waals surface area contributed by atoms with Crippen molar-refractivity contribution in [1.29, 1.82) is 0 Å². The number of rotatable bonds is 1. The van der Waals surface area contributed by atoms with Crippen molar-refractivity contribution in [2.75, 3.05) is 6.54 Å². The molecule has 0 saturated carbocycles. The SMILES string of the molecule is Cc1cc2c(cc1C#CCN=[N+]=[N-])C(C)(C)CCC2(C)C. The van der Waals surface area contributed by atoms with Gasteiger partial charge in [0, 0.05) is 10.5 Å². The van der Waals surface area contributed by atoms with Crippen molar-refractivity contribution < 1.29 is 0 Å². The molecule has 3 nitrogen and oxygen atoms in total. The molecule has 0 N–H and O–H groups in total. The highest BCUT2D eigenvalue weighted by molar-refractivity contribution is 5.52. The highest BCUT2D eigenvalue weighted by atomic mass is 15.1. The lowest BCUT2D eigenvalue weighted by Gasteiger charge is -2.42. The first-order chi connectivity index (χ1) is 9.78. The Morgan fingerprint density at radius 3 is 2.29 bits per heavy atom. The van der Waals surface area contributed by atoms with Gasteiger partial charge in [-0.1, -0.05) is 50.7 Å². The van der Waals surface area contributed by atoms with Crippen LogP contribution >= 0.6 is 0 Å². The topological polar surface area (TPSA) is 48.8 Å². The zero-order valence-electron chi connectivity index (χ0n) is 13.6. The monoisotopic (exact) mass is 281 g/mol. The van der Waals surface area contributed by atoms with E-state index in [-0.39, 0.29) is 17.4 Å². The number of aryl methyl sites for hydroxylation is 1. The minimum atomic E-state index is 0.194. The van der Waals surface area contributed by atoms with E-state index in [2.05, 4.69) is 68.6 Å². The van der Waals surface area contributed by atoms with Crippen molar-refractivity contribution in [3.63, 3.8) is 0 Å². The highest BCUT2D eigenvalue weighted by Gasteiger charge is 2.37. The summed E-state index contributed by atoms with van der Waals surface area (Å²) in [6.07, 6.45) is 2.41. The molecular formula is C18H23N3. The van der Waals surface area contributed by atoms with Gasteiger partial charge in [0.05, 0.1) is 6.54 Å². The largest absolute Gasteiger partial charge is 0.0919 e. The predicted octanol–water partition coefficient (Wildman–Crippen LogP) is 5.01. The number of benzene rings is 1. The van der Waals surface area contributed by atoms with Crippen LogP contribution in [-0.4, -0.2) is 6.54 Å². The van der Waals surface area contributed by atoms with Crippen molar-refractivity contribution in [2.24, 2.45) is 5.11 Å². The lowest BCUT2D eigenvalue weighted by molar-refractivity contribution is 0.331. The lowest BCUT2D eigenvalue weighted by Crippen LogP contribution is -2.34. The minimum Gasteiger partial charge on any atom is -0.0919 e. The summed E-state index contributed by atoms with van der Waals surface area (Å²) in [5.41, 5.74) is 13.8. The third-order valence-corrected chi connectivity index (χ3v) is 4.63. The standard InChI is InChI=1S/C18H23N3/c1-13-11-15-16(12-14(13)7-6-10-20-21-19)18(4,5)9-8-17(15,2)3/h11-12H,8-10H2,1-5H3. The van der Waals surface area contributed by atoms with Crippen LogP contribution in [0.3, 0.4) is 0 Å². The van der Waals surface area contributed by atoms with Gasteiger partial charge in [-0.15, -0.1) is 0 Å². The second-order valence-electron chi connectivity index (χ2n) is 7.17. The molecule has 0 amide bonds. The van der Waals surface area contributed by atoms with Crippen LogP contribution < -0.4 is 0 Å². The maximum atomic E-state index is 8.29. The van der Waals surface area contributed by atoms with Crippen LogP contribution in [0.15, 0.2) is 17.2 Å². The Morgan fingerprint density at radius 2 is 1.71 bits per heavy atom. The second kappa shape index (κ2) is 5.47. The molecule has 0 aliphatic heterocycles. The van der Waals surface area contributed by atoms with Gasteiger partial charge in [0.25, 0.3) is 0 Å². The van der Waals surface area contributed by atoms with Crippen LogP contribution in [0.5, 0.6) is 0 Å². The van der Waals surface area contributed by atoms with E-state index < -0.39 is 0 Å². The van der Waals surface area contributed by atoms with Crippen LogP contribution in [0.2, 0.25) is 0 Å². The quantitative estimate of drug-likeness (QED) is 0.301. The Balaban J connectivity index is 2.53. The van der Waals surface area contributed by atoms with E-state index in [0.717, 1.165) is 5.56 Å². The fourth-order valence-electron chi connectivity index (χ4n) is 3.06. The molecule has 3 heteroatoms. The summed E-state index contributed by atoms with van der Waals surface area (Å²) >= 11 is 0. The number of fused-ring (bicyclic) bond motifs is 1.